The van der Waals surface area contributed by atoms with Gasteiger partial charge in [-0.05, 0) is 68.1 Å². The molecule has 0 spiro atoms. The Morgan fingerprint density at radius 2 is 2.18 bits per heavy atom. The third-order valence-corrected chi connectivity index (χ3v) is 4.36. The van der Waals surface area contributed by atoms with E-state index in [9.17, 15) is 9.50 Å². The molecule has 1 aromatic heterocycles. The highest BCUT2D eigenvalue weighted by Crippen LogP contribution is 2.27. The van der Waals surface area contributed by atoms with Gasteiger partial charge in [0.25, 0.3) is 0 Å². The number of hydrogen-bond donors (Lipinski definition) is 1. The number of halogens is 1. The molecule has 0 bridgehead atoms. The maximum absolute atomic E-state index is 13.2. The van der Waals surface area contributed by atoms with E-state index in [1.165, 1.54) is 12.1 Å². The number of aliphatic hydroxyl groups is 1. The Bertz CT molecular complexity index is 638. The van der Waals surface area contributed by atoms with E-state index in [-0.39, 0.29) is 12.4 Å². The van der Waals surface area contributed by atoms with Crippen molar-refractivity contribution < 1.29 is 13.9 Å². The number of benzene rings is 1. The molecule has 1 unspecified atom stereocenters. The van der Waals surface area contributed by atoms with E-state index in [0.29, 0.717) is 5.92 Å². The van der Waals surface area contributed by atoms with Crippen molar-refractivity contribution in [3.63, 3.8) is 0 Å². The van der Waals surface area contributed by atoms with Crippen molar-refractivity contribution in [1.29, 1.82) is 0 Å². The third kappa shape index (κ3) is 3.39. The highest BCUT2D eigenvalue weighted by molar-refractivity contribution is 5.62. The molecule has 0 aliphatic carbocycles. The number of nitrogens with zero attached hydrogens (tertiary/aromatic N) is 1. The van der Waals surface area contributed by atoms with E-state index in [4.69, 9.17) is 4.42 Å². The summed E-state index contributed by atoms with van der Waals surface area (Å²) in [4.78, 5) is 2.32. The summed E-state index contributed by atoms with van der Waals surface area (Å²) in [5.41, 5.74) is 1.80. The minimum Gasteiger partial charge on any atom is -0.460 e. The average Bonchev–Trinajstić information content (AvgIpc) is 2.95. The van der Waals surface area contributed by atoms with Gasteiger partial charge in [0, 0.05) is 18.7 Å². The fourth-order valence-corrected chi connectivity index (χ4v) is 3.18. The Morgan fingerprint density at radius 3 is 2.95 bits per heavy atom. The van der Waals surface area contributed by atoms with Crippen molar-refractivity contribution in [3.05, 3.63) is 47.5 Å². The van der Waals surface area contributed by atoms with Crippen molar-refractivity contribution in [1.82, 2.24) is 4.90 Å². The smallest absolute Gasteiger partial charge is 0.134 e. The van der Waals surface area contributed by atoms with E-state index in [1.54, 1.807) is 6.07 Å². The van der Waals surface area contributed by atoms with Crippen molar-refractivity contribution in [3.8, 4) is 11.3 Å². The molecule has 0 radical (unpaired) electrons. The molecule has 0 saturated carbocycles. The van der Waals surface area contributed by atoms with Crippen molar-refractivity contribution in [2.24, 2.45) is 5.92 Å². The molecule has 1 fully saturated rings. The second-order valence-corrected chi connectivity index (χ2v) is 6.15. The SMILES string of the molecule is Cc1cc(F)ccc1-c1ccc(CN2CCCC(CO)C2)o1. The molecule has 118 valence electrons. The molecule has 1 saturated heterocycles. The quantitative estimate of drug-likeness (QED) is 0.937. The van der Waals surface area contributed by atoms with Gasteiger partial charge in [0.05, 0.1) is 6.54 Å². The number of likely N-dealkylation sites (tertiary alicyclic amines) is 1. The Morgan fingerprint density at radius 1 is 1.32 bits per heavy atom. The maximum atomic E-state index is 13.2. The molecule has 2 heterocycles. The van der Waals surface area contributed by atoms with Gasteiger partial charge in [-0.3, -0.25) is 4.90 Å². The van der Waals surface area contributed by atoms with Crippen LogP contribution in [0, 0.1) is 18.7 Å². The highest BCUT2D eigenvalue weighted by atomic mass is 19.1. The van der Waals surface area contributed by atoms with E-state index < -0.39 is 0 Å². The zero-order valence-electron chi connectivity index (χ0n) is 12.9. The Balaban J connectivity index is 1.71. The van der Waals surface area contributed by atoms with Crippen LogP contribution >= 0.6 is 0 Å². The summed E-state index contributed by atoms with van der Waals surface area (Å²) in [6.07, 6.45) is 2.22. The van der Waals surface area contributed by atoms with Crippen molar-refractivity contribution >= 4 is 0 Å². The Hall–Kier alpha value is -1.65. The van der Waals surface area contributed by atoms with Gasteiger partial charge in [-0.25, -0.2) is 4.39 Å². The van der Waals surface area contributed by atoms with E-state index in [1.807, 2.05) is 19.1 Å². The lowest BCUT2D eigenvalue weighted by Crippen LogP contribution is -2.36. The Kier molecular flexibility index (Phi) is 4.60. The molecular formula is C18H22FNO2. The monoisotopic (exact) mass is 303 g/mol. The van der Waals surface area contributed by atoms with E-state index in [2.05, 4.69) is 4.90 Å². The molecule has 22 heavy (non-hydrogen) atoms. The van der Waals surface area contributed by atoms with Crippen molar-refractivity contribution in [2.45, 2.75) is 26.3 Å². The minimum absolute atomic E-state index is 0.226. The van der Waals surface area contributed by atoms with Crippen LogP contribution in [0.25, 0.3) is 11.3 Å². The van der Waals surface area contributed by atoms with Gasteiger partial charge in [0.15, 0.2) is 0 Å². The Labute approximate surface area is 130 Å². The summed E-state index contributed by atoms with van der Waals surface area (Å²) < 4.78 is 19.1. The molecule has 1 atom stereocenters. The second-order valence-electron chi connectivity index (χ2n) is 6.15. The molecule has 1 aliphatic rings. The fourth-order valence-electron chi connectivity index (χ4n) is 3.18. The molecule has 3 nitrogen and oxygen atoms in total. The predicted octanol–water partition coefficient (Wildman–Crippen LogP) is 3.60. The molecule has 4 heteroatoms. The van der Waals surface area contributed by atoms with Crippen LogP contribution in [-0.2, 0) is 6.54 Å². The van der Waals surface area contributed by atoms with Gasteiger partial charge >= 0.3 is 0 Å². The molecular weight excluding hydrogens is 281 g/mol. The molecule has 2 aromatic rings. The van der Waals surface area contributed by atoms with Gasteiger partial charge in [-0.15, -0.1) is 0 Å². The summed E-state index contributed by atoms with van der Waals surface area (Å²) >= 11 is 0. The third-order valence-electron chi connectivity index (χ3n) is 4.36. The number of hydrogen-bond acceptors (Lipinski definition) is 3. The van der Waals surface area contributed by atoms with Crippen molar-refractivity contribution in [2.75, 3.05) is 19.7 Å². The van der Waals surface area contributed by atoms with Crippen LogP contribution in [0.1, 0.15) is 24.2 Å². The zero-order chi connectivity index (χ0) is 15.5. The van der Waals surface area contributed by atoms with E-state index >= 15 is 0 Å². The normalized spacial score (nSPS) is 19.5. The minimum atomic E-state index is -0.226. The summed E-state index contributed by atoms with van der Waals surface area (Å²) in [5, 5.41) is 9.30. The van der Waals surface area contributed by atoms with Crippen LogP contribution in [0.15, 0.2) is 34.7 Å². The largest absolute Gasteiger partial charge is 0.460 e. The maximum Gasteiger partial charge on any atom is 0.134 e. The van der Waals surface area contributed by atoms with Crippen LogP contribution in [-0.4, -0.2) is 29.7 Å². The number of piperidine rings is 1. The van der Waals surface area contributed by atoms with Gasteiger partial charge < -0.3 is 9.52 Å². The van der Waals surface area contributed by atoms with Crippen LogP contribution in [0.2, 0.25) is 0 Å². The zero-order valence-corrected chi connectivity index (χ0v) is 12.9. The first-order chi connectivity index (χ1) is 10.7. The first-order valence-electron chi connectivity index (χ1n) is 7.84. The van der Waals surface area contributed by atoms with Gasteiger partial charge in [0.1, 0.15) is 17.3 Å². The van der Waals surface area contributed by atoms with Gasteiger partial charge in [-0.2, -0.15) is 0 Å². The van der Waals surface area contributed by atoms with Crippen LogP contribution in [0.5, 0.6) is 0 Å². The first-order valence-corrected chi connectivity index (χ1v) is 7.84. The molecule has 1 aromatic carbocycles. The lowest BCUT2D eigenvalue weighted by atomic mass is 9.99. The first kappa shape index (κ1) is 15.3. The standard InChI is InChI=1S/C18H22FNO2/c1-13-9-15(19)4-6-17(13)18-7-5-16(22-18)11-20-8-2-3-14(10-20)12-21/h4-7,9,14,21H,2-3,8,10-12H2,1H3. The topological polar surface area (TPSA) is 36.6 Å². The van der Waals surface area contributed by atoms with Crippen LogP contribution < -0.4 is 0 Å². The van der Waals surface area contributed by atoms with Crippen LogP contribution in [0.3, 0.4) is 0 Å². The number of furan rings is 1. The highest BCUT2D eigenvalue weighted by Gasteiger charge is 2.20. The lowest BCUT2D eigenvalue weighted by molar-refractivity contribution is 0.110. The molecule has 1 N–H and O–H groups in total. The summed E-state index contributed by atoms with van der Waals surface area (Å²) in [7, 11) is 0. The van der Waals surface area contributed by atoms with E-state index in [0.717, 1.165) is 55.1 Å². The molecule has 3 rings (SSSR count). The number of rotatable bonds is 4. The van der Waals surface area contributed by atoms with Crippen LogP contribution in [0.4, 0.5) is 4.39 Å². The number of aliphatic hydroxyl groups excluding tert-OH is 1. The second kappa shape index (κ2) is 6.63. The van der Waals surface area contributed by atoms with Gasteiger partial charge in [0.2, 0.25) is 0 Å². The predicted molar refractivity (Wildman–Crippen MR) is 83.9 cm³/mol. The lowest BCUT2D eigenvalue weighted by Gasteiger charge is -2.30. The fraction of sp³-hybridized carbons (Fsp3) is 0.444. The average molecular weight is 303 g/mol. The molecule has 1 aliphatic heterocycles. The van der Waals surface area contributed by atoms with Gasteiger partial charge in [-0.1, -0.05) is 0 Å². The summed E-state index contributed by atoms with van der Waals surface area (Å²) in [5.74, 6) is 1.85. The summed E-state index contributed by atoms with van der Waals surface area (Å²) in [6, 6.07) is 8.68. The molecule has 0 amide bonds. The number of aryl methyl sites for hydroxylation is 1. The summed E-state index contributed by atoms with van der Waals surface area (Å²) in [6.45, 7) is 4.87.